The maximum atomic E-state index is 12.6. The van der Waals surface area contributed by atoms with Crippen LogP contribution < -0.4 is 20.1 Å². The SMILES string of the molecule is CC[C@H](C)[C@@H](CO)NC(=O)C[C@@H]1NC(=O)N(Cc2ccc3c(c2)OCO3)C1=O. The van der Waals surface area contributed by atoms with Gasteiger partial charge in [0, 0.05) is 0 Å². The molecule has 2 aliphatic rings. The van der Waals surface area contributed by atoms with Gasteiger partial charge in [-0.2, -0.15) is 0 Å². The zero-order valence-electron chi connectivity index (χ0n) is 15.9. The van der Waals surface area contributed by atoms with Crippen molar-refractivity contribution in [2.24, 2.45) is 5.92 Å². The van der Waals surface area contributed by atoms with Crippen molar-refractivity contribution in [2.75, 3.05) is 13.4 Å². The van der Waals surface area contributed by atoms with Gasteiger partial charge in [0.25, 0.3) is 5.91 Å². The zero-order valence-corrected chi connectivity index (χ0v) is 15.9. The zero-order chi connectivity index (χ0) is 20.3. The molecule has 4 amide bonds. The second kappa shape index (κ2) is 8.47. The van der Waals surface area contributed by atoms with Crippen LogP contribution in [-0.4, -0.2) is 53.3 Å². The van der Waals surface area contributed by atoms with Gasteiger partial charge in [-0.3, -0.25) is 14.5 Å². The van der Waals surface area contributed by atoms with E-state index in [2.05, 4.69) is 10.6 Å². The van der Waals surface area contributed by atoms with Crippen LogP contribution in [-0.2, 0) is 16.1 Å². The summed E-state index contributed by atoms with van der Waals surface area (Å²) in [5.41, 5.74) is 0.718. The van der Waals surface area contributed by atoms with Gasteiger partial charge in [-0.25, -0.2) is 4.79 Å². The summed E-state index contributed by atoms with van der Waals surface area (Å²) in [6.45, 7) is 3.93. The number of hydrogen-bond acceptors (Lipinski definition) is 6. The number of nitrogens with one attached hydrogen (secondary N) is 2. The summed E-state index contributed by atoms with van der Waals surface area (Å²) in [6.07, 6.45) is 0.628. The Hall–Kier alpha value is -2.81. The van der Waals surface area contributed by atoms with E-state index >= 15 is 0 Å². The van der Waals surface area contributed by atoms with Crippen LogP contribution in [0.4, 0.5) is 4.79 Å². The first-order chi connectivity index (χ1) is 13.4. The third-order valence-electron chi connectivity index (χ3n) is 5.15. The van der Waals surface area contributed by atoms with Gasteiger partial charge in [0.05, 0.1) is 25.6 Å². The maximum Gasteiger partial charge on any atom is 0.325 e. The highest BCUT2D eigenvalue weighted by molar-refractivity contribution is 6.05. The van der Waals surface area contributed by atoms with Crippen molar-refractivity contribution in [1.82, 2.24) is 15.5 Å². The van der Waals surface area contributed by atoms with E-state index in [0.29, 0.717) is 11.5 Å². The predicted molar refractivity (Wildman–Crippen MR) is 98.5 cm³/mol. The van der Waals surface area contributed by atoms with Crippen molar-refractivity contribution >= 4 is 17.8 Å². The molecule has 3 rings (SSSR count). The average molecular weight is 391 g/mol. The largest absolute Gasteiger partial charge is 0.454 e. The molecule has 28 heavy (non-hydrogen) atoms. The third-order valence-corrected chi connectivity index (χ3v) is 5.15. The van der Waals surface area contributed by atoms with Crippen molar-refractivity contribution in [2.45, 2.75) is 45.3 Å². The molecule has 2 aliphatic heterocycles. The van der Waals surface area contributed by atoms with Crippen LogP contribution in [0.5, 0.6) is 11.5 Å². The minimum absolute atomic E-state index is 0.0750. The molecule has 9 nitrogen and oxygen atoms in total. The van der Waals surface area contributed by atoms with Gasteiger partial charge in [0.1, 0.15) is 6.04 Å². The standard InChI is InChI=1S/C19H25N3O6/c1-3-11(2)14(9-23)20-17(24)7-13-18(25)22(19(26)21-13)8-12-4-5-15-16(6-12)28-10-27-15/h4-6,11,13-14,23H,3,7-10H2,1-2H3,(H,20,24)(H,21,26)/t11-,13-,14+/m0/s1. The van der Waals surface area contributed by atoms with Crippen molar-refractivity contribution in [3.05, 3.63) is 23.8 Å². The molecule has 1 fully saturated rings. The number of rotatable bonds is 8. The van der Waals surface area contributed by atoms with Crippen molar-refractivity contribution < 1.29 is 29.0 Å². The van der Waals surface area contributed by atoms with Gasteiger partial charge in [-0.05, 0) is 23.6 Å². The van der Waals surface area contributed by atoms with Crippen LogP contribution in [0.2, 0.25) is 0 Å². The summed E-state index contributed by atoms with van der Waals surface area (Å²) < 4.78 is 10.6. The van der Waals surface area contributed by atoms with Gasteiger partial charge in [0.15, 0.2) is 11.5 Å². The number of carbonyl (C=O) groups is 3. The molecule has 0 spiro atoms. The highest BCUT2D eigenvalue weighted by Gasteiger charge is 2.39. The maximum absolute atomic E-state index is 12.6. The minimum Gasteiger partial charge on any atom is -0.454 e. The van der Waals surface area contributed by atoms with E-state index in [1.54, 1.807) is 18.2 Å². The van der Waals surface area contributed by atoms with Crippen LogP contribution in [0.15, 0.2) is 18.2 Å². The molecule has 3 N–H and O–H groups in total. The van der Waals surface area contributed by atoms with Crippen LogP contribution in [0, 0.1) is 5.92 Å². The second-order valence-electron chi connectivity index (χ2n) is 7.06. The molecule has 0 unspecified atom stereocenters. The molecule has 0 aromatic heterocycles. The Kier molecular flexibility index (Phi) is 6.03. The number of fused-ring (bicyclic) bond motifs is 1. The smallest absolute Gasteiger partial charge is 0.325 e. The van der Waals surface area contributed by atoms with Gasteiger partial charge >= 0.3 is 6.03 Å². The average Bonchev–Trinajstić information content (AvgIpc) is 3.25. The van der Waals surface area contributed by atoms with E-state index in [1.165, 1.54) is 0 Å². The number of benzene rings is 1. The second-order valence-corrected chi connectivity index (χ2v) is 7.06. The summed E-state index contributed by atoms with van der Waals surface area (Å²) in [6, 6.07) is 3.37. The molecule has 2 heterocycles. The van der Waals surface area contributed by atoms with Gasteiger partial charge in [-0.1, -0.05) is 26.3 Å². The van der Waals surface area contributed by atoms with Gasteiger partial charge in [0.2, 0.25) is 12.7 Å². The number of aliphatic hydroxyl groups excluding tert-OH is 1. The summed E-state index contributed by atoms with van der Waals surface area (Å²) in [4.78, 5) is 38.1. The van der Waals surface area contributed by atoms with Crippen molar-refractivity contribution in [1.29, 1.82) is 0 Å². The number of nitrogens with zero attached hydrogens (tertiary/aromatic N) is 1. The van der Waals surface area contributed by atoms with E-state index in [9.17, 15) is 19.5 Å². The number of imide groups is 1. The molecule has 1 saturated heterocycles. The van der Waals surface area contributed by atoms with E-state index in [-0.39, 0.29) is 44.2 Å². The molecule has 0 saturated carbocycles. The molecule has 1 aromatic carbocycles. The fraction of sp³-hybridized carbons (Fsp3) is 0.526. The molecule has 152 valence electrons. The summed E-state index contributed by atoms with van der Waals surface area (Å²) in [7, 11) is 0. The van der Waals surface area contributed by atoms with Crippen LogP contribution >= 0.6 is 0 Å². The van der Waals surface area contributed by atoms with Gasteiger partial charge in [-0.15, -0.1) is 0 Å². The van der Waals surface area contributed by atoms with Crippen LogP contribution in [0.3, 0.4) is 0 Å². The van der Waals surface area contributed by atoms with Crippen molar-refractivity contribution in [3.8, 4) is 11.5 Å². The first-order valence-corrected chi connectivity index (χ1v) is 9.33. The Labute approximate surface area is 163 Å². The lowest BCUT2D eigenvalue weighted by Gasteiger charge is -2.22. The highest BCUT2D eigenvalue weighted by atomic mass is 16.7. The molecule has 3 atom stereocenters. The number of hydrogen-bond donors (Lipinski definition) is 3. The molecule has 0 bridgehead atoms. The summed E-state index contributed by atoms with van der Waals surface area (Å²) >= 11 is 0. The van der Waals surface area contributed by atoms with Crippen LogP contribution in [0.25, 0.3) is 0 Å². The summed E-state index contributed by atoms with van der Waals surface area (Å²) in [5.74, 6) is 0.450. The fourth-order valence-corrected chi connectivity index (χ4v) is 3.19. The Morgan fingerprint density at radius 2 is 2.11 bits per heavy atom. The minimum atomic E-state index is -0.919. The number of aliphatic hydroxyl groups is 1. The van der Waals surface area contributed by atoms with E-state index in [4.69, 9.17) is 9.47 Å². The number of urea groups is 1. The lowest BCUT2D eigenvalue weighted by molar-refractivity contribution is -0.131. The number of amides is 4. The topological polar surface area (TPSA) is 117 Å². The molecule has 9 heteroatoms. The third kappa shape index (κ3) is 4.19. The molecule has 1 aromatic rings. The van der Waals surface area contributed by atoms with Gasteiger partial charge < -0.3 is 25.2 Å². The Morgan fingerprint density at radius 1 is 1.36 bits per heavy atom. The normalized spacial score (nSPS) is 20.1. The number of carbonyl (C=O) groups excluding carboxylic acids is 3. The first-order valence-electron chi connectivity index (χ1n) is 9.33. The highest BCUT2D eigenvalue weighted by Crippen LogP contribution is 2.33. The molecular formula is C19H25N3O6. The lowest BCUT2D eigenvalue weighted by Crippen LogP contribution is -2.44. The van der Waals surface area contributed by atoms with E-state index < -0.39 is 18.0 Å². The monoisotopic (exact) mass is 391 g/mol. The lowest BCUT2D eigenvalue weighted by atomic mass is 9.99. The first kappa shape index (κ1) is 19.9. The quantitative estimate of drug-likeness (QED) is 0.563. The van der Waals surface area contributed by atoms with Crippen LogP contribution in [0.1, 0.15) is 32.3 Å². The molecule has 0 radical (unpaired) electrons. The molecule has 0 aliphatic carbocycles. The van der Waals surface area contributed by atoms with E-state index in [0.717, 1.165) is 16.9 Å². The van der Waals surface area contributed by atoms with Crippen molar-refractivity contribution in [3.63, 3.8) is 0 Å². The van der Waals surface area contributed by atoms with E-state index in [1.807, 2.05) is 13.8 Å². The summed E-state index contributed by atoms with van der Waals surface area (Å²) in [5, 5.41) is 14.7. The fourth-order valence-electron chi connectivity index (χ4n) is 3.19. The number of ether oxygens (including phenoxy) is 2. The Bertz CT molecular complexity index is 768. The molecular weight excluding hydrogens is 366 g/mol. The Balaban J connectivity index is 1.59. The Morgan fingerprint density at radius 3 is 2.82 bits per heavy atom. The predicted octanol–water partition coefficient (Wildman–Crippen LogP) is 0.749.